The lowest BCUT2D eigenvalue weighted by Crippen LogP contribution is -2.39. The van der Waals surface area contributed by atoms with Crippen molar-refractivity contribution in [3.8, 4) is 0 Å². The molecule has 3 N–H and O–H groups in total. The monoisotopic (exact) mass is 408 g/mol. The summed E-state index contributed by atoms with van der Waals surface area (Å²) in [6.07, 6.45) is 3.16. The Morgan fingerprint density at radius 2 is 1.80 bits per heavy atom. The van der Waals surface area contributed by atoms with Crippen LogP contribution >= 0.6 is 35.7 Å². The van der Waals surface area contributed by atoms with Crippen LogP contribution in [0, 0.1) is 0 Å². The number of benzene rings is 1. The number of para-hydroxylation sites is 1. The van der Waals surface area contributed by atoms with Gasteiger partial charge in [0.05, 0.1) is 0 Å². The highest BCUT2D eigenvalue weighted by Gasteiger charge is 1.95. The van der Waals surface area contributed by atoms with Crippen molar-refractivity contribution >= 4 is 47.4 Å². The molecule has 0 bridgehead atoms. The van der Waals surface area contributed by atoms with Crippen LogP contribution in [0.5, 0.6) is 0 Å². The van der Waals surface area contributed by atoms with Gasteiger partial charge in [0.2, 0.25) is 0 Å². The van der Waals surface area contributed by atoms with Crippen LogP contribution < -0.4 is 16.0 Å². The Hall–Kier alpha value is -0.630. The smallest absolute Gasteiger partial charge is 0.191 e. The molecule has 0 unspecified atom stereocenters. The number of thioether (sulfide) groups is 1. The molecule has 0 fully saturated rings. The maximum Gasteiger partial charge on any atom is 0.191 e. The molecule has 0 amide bonds. The largest absolute Gasteiger partial charge is 0.385 e. The van der Waals surface area contributed by atoms with Gasteiger partial charge in [0, 0.05) is 38.1 Å². The second kappa shape index (κ2) is 13.4. The van der Waals surface area contributed by atoms with Crippen molar-refractivity contribution in [1.29, 1.82) is 0 Å². The number of anilines is 1. The van der Waals surface area contributed by atoms with Crippen LogP contribution in [0.15, 0.2) is 35.3 Å². The molecule has 1 aromatic rings. The van der Waals surface area contributed by atoms with Crippen molar-refractivity contribution in [1.82, 2.24) is 10.6 Å². The van der Waals surface area contributed by atoms with E-state index < -0.39 is 0 Å². The maximum atomic E-state index is 4.18. The Morgan fingerprint density at radius 1 is 1.10 bits per heavy atom. The Labute approximate surface area is 143 Å². The van der Waals surface area contributed by atoms with E-state index in [4.69, 9.17) is 0 Å². The van der Waals surface area contributed by atoms with E-state index in [1.807, 2.05) is 30.0 Å². The molecule has 0 aliphatic carbocycles. The van der Waals surface area contributed by atoms with E-state index in [1.165, 1.54) is 5.69 Å². The molecule has 114 valence electrons. The van der Waals surface area contributed by atoms with Crippen LogP contribution in [-0.4, -0.2) is 44.7 Å². The minimum absolute atomic E-state index is 0. The molecule has 6 heteroatoms. The first kappa shape index (κ1) is 19.4. The summed E-state index contributed by atoms with van der Waals surface area (Å²) in [6.45, 7) is 2.82. The summed E-state index contributed by atoms with van der Waals surface area (Å²) in [4.78, 5) is 4.18. The molecule has 0 aromatic heterocycles. The fourth-order valence-corrected chi connectivity index (χ4v) is 1.88. The van der Waals surface area contributed by atoms with Gasteiger partial charge in [-0.05, 0) is 24.8 Å². The van der Waals surface area contributed by atoms with Gasteiger partial charge in [-0.25, -0.2) is 0 Å². The Balaban J connectivity index is 0.00000361. The summed E-state index contributed by atoms with van der Waals surface area (Å²) < 4.78 is 0. The second-order valence-corrected chi connectivity index (χ2v) is 5.05. The predicted molar refractivity (Wildman–Crippen MR) is 103 cm³/mol. The summed E-state index contributed by atoms with van der Waals surface area (Å²) in [5, 5.41) is 9.97. The third-order valence-corrected chi connectivity index (χ3v) is 3.18. The van der Waals surface area contributed by atoms with Crippen molar-refractivity contribution in [2.24, 2.45) is 4.99 Å². The third-order valence-electron chi connectivity index (χ3n) is 2.57. The van der Waals surface area contributed by atoms with Crippen molar-refractivity contribution in [3.63, 3.8) is 0 Å². The van der Waals surface area contributed by atoms with Gasteiger partial charge >= 0.3 is 0 Å². The van der Waals surface area contributed by atoms with Gasteiger partial charge in [-0.2, -0.15) is 11.8 Å². The molecule has 20 heavy (non-hydrogen) atoms. The first-order valence-electron chi connectivity index (χ1n) is 6.59. The Kier molecular flexibility index (Phi) is 12.9. The number of rotatable bonds is 8. The van der Waals surface area contributed by atoms with Gasteiger partial charge in [-0.15, -0.1) is 24.0 Å². The topological polar surface area (TPSA) is 48.5 Å². The summed E-state index contributed by atoms with van der Waals surface area (Å²) >= 11 is 1.83. The molecule has 4 nitrogen and oxygen atoms in total. The van der Waals surface area contributed by atoms with Crippen LogP contribution in [0.4, 0.5) is 5.69 Å². The summed E-state index contributed by atoms with van der Waals surface area (Å²) in [5.41, 5.74) is 1.17. The average molecular weight is 408 g/mol. The van der Waals surface area contributed by atoms with Crippen molar-refractivity contribution in [3.05, 3.63) is 30.3 Å². The molecule has 0 radical (unpaired) electrons. The maximum absolute atomic E-state index is 4.18. The molecule has 0 aliphatic rings. The third kappa shape index (κ3) is 9.30. The highest BCUT2D eigenvalue weighted by Crippen LogP contribution is 2.03. The van der Waals surface area contributed by atoms with Gasteiger partial charge in [-0.1, -0.05) is 18.2 Å². The molecule has 0 atom stereocenters. The highest BCUT2D eigenvalue weighted by molar-refractivity contribution is 14.0. The lowest BCUT2D eigenvalue weighted by Gasteiger charge is -2.11. The molecule has 1 aromatic carbocycles. The van der Waals surface area contributed by atoms with Gasteiger partial charge in [0.1, 0.15) is 0 Å². The average Bonchev–Trinajstić information content (AvgIpc) is 2.46. The van der Waals surface area contributed by atoms with E-state index in [9.17, 15) is 0 Å². The van der Waals surface area contributed by atoms with E-state index in [0.29, 0.717) is 0 Å². The number of aliphatic imine (C=N–C) groups is 1. The SMILES string of the molecule is CN=C(NCCCNc1ccccc1)NCCSC.I. The van der Waals surface area contributed by atoms with Crippen LogP contribution in [0.2, 0.25) is 0 Å². The van der Waals surface area contributed by atoms with E-state index in [-0.39, 0.29) is 24.0 Å². The molecule has 0 spiro atoms. The number of hydrogen-bond donors (Lipinski definition) is 3. The normalized spacial score (nSPS) is 10.6. The zero-order valence-corrected chi connectivity index (χ0v) is 15.3. The van der Waals surface area contributed by atoms with Crippen molar-refractivity contribution in [2.75, 3.05) is 44.0 Å². The fraction of sp³-hybridized carbons (Fsp3) is 0.500. The Bertz CT molecular complexity index is 359. The van der Waals surface area contributed by atoms with E-state index in [2.05, 4.69) is 39.3 Å². The molecule has 0 aliphatic heterocycles. The zero-order valence-electron chi connectivity index (χ0n) is 12.2. The minimum Gasteiger partial charge on any atom is -0.385 e. The van der Waals surface area contributed by atoms with Crippen LogP contribution in [0.3, 0.4) is 0 Å². The molecular formula is C14H25IN4S. The van der Waals surface area contributed by atoms with Gasteiger partial charge in [0.25, 0.3) is 0 Å². The van der Waals surface area contributed by atoms with E-state index in [0.717, 1.165) is 37.8 Å². The molecule has 1 rings (SSSR count). The zero-order chi connectivity index (χ0) is 13.8. The molecule has 0 heterocycles. The number of halogens is 1. The van der Waals surface area contributed by atoms with Crippen LogP contribution in [0.1, 0.15) is 6.42 Å². The standard InChI is InChI=1S/C14H24N4S.HI/c1-15-14(18-11-12-19-2)17-10-6-9-16-13-7-4-3-5-8-13;/h3-5,7-8,16H,6,9-12H2,1-2H3,(H2,15,17,18);1H. The summed E-state index contributed by atoms with van der Waals surface area (Å²) in [5.74, 6) is 1.98. The highest BCUT2D eigenvalue weighted by atomic mass is 127. The lowest BCUT2D eigenvalue weighted by molar-refractivity contribution is 0.772. The summed E-state index contributed by atoms with van der Waals surface area (Å²) in [7, 11) is 1.80. The van der Waals surface area contributed by atoms with E-state index >= 15 is 0 Å². The van der Waals surface area contributed by atoms with Gasteiger partial charge in [0.15, 0.2) is 5.96 Å². The van der Waals surface area contributed by atoms with Gasteiger partial charge in [-0.3, -0.25) is 4.99 Å². The number of nitrogens with one attached hydrogen (secondary N) is 3. The number of hydrogen-bond acceptors (Lipinski definition) is 3. The first-order valence-corrected chi connectivity index (χ1v) is 7.98. The van der Waals surface area contributed by atoms with Gasteiger partial charge < -0.3 is 16.0 Å². The first-order chi connectivity index (χ1) is 9.36. The Morgan fingerprint density at radius 3 is 2.45 bits per heavy atom. The molecular weight excluding hydrogens is 383 g/mol. The lowest BCUT2D eigenvalue weighted by atomic mass is 10.3. The van der Waals surface area contributed by atoms with Crippen LogP contribution in [0.25, 0.3) is 0 Å². The molecule has 0 saturated heterocycles. The predicted octanol–water partition coefficient (Wildman–Crippen LogP) is 2.63. The summed E-state index contributed by atoms with van der Waals surface area (Å²) in [6, 6.07) is 10.3. The molecule has 0 saturated carbocycles. The second-order valence-electron chi connectivity index (χ2n) is 4.06. The fourth-order valence-electron chi connectivity index (χ4n) is 1.58. The van der Waals surface area contributed by atoms with Crippen LogP contribution in [-0.2, 0) is 0 Å². The quantitative estimate of drug-likeness (QED) is 0.268. The van der Waals surface area contributed by atoms with Crippen molar-refractivity contribution < 1.29 is 0 Å². The van der Waals surface area contributed by atoms with Crippen molar-refractivity contribution in [2.45, 2.75) is 6.42 Å². The minimum atomic E-state index is 0. The number of nitrogens with zero attached hydrogens (tertiary/aromatic N) is 1. The van der Waals surface area contributed by atoms with E-state index in [1.54, 1.807) is 7.05 Å². The number of guanidine groups is 1.